The van der Waals surface area contributed by atoms with E-state index in [9.17, 15) is 5.26 Å². The highest BCUT2D eigenvalue weighted by Crippen LogP contribution is 2.48. The van der Waals surface area contributed by atoms with Crippen LogP contribution in [0.25, 0.3) is 0 Å². The molecule has 5 rings (SSSR count). The van der Waals surface area contributed by atoms with Gasteiger partial charge in [-0.2, -0.15) is 5.26 Å². The van der Waals surface area contributed by atoms with Crippen LogP contribution in [-0.2, 0) is 6.61 Å². The number of nitrogens with zero attached hydrogens (tertiary/aromatic N) is 1. The van der Waals surface area contributed by atoms with E-state index in [0.29, 0.717) is 33.0 Å². The molecule has 32 heavy (non-hydrogen) atoms. The summed E-state index contributed by atoms with van der Waals surface area (Å²) in [4.78, 5) is 0. The number of halogens is 2. The molecule has 8 heteroatoms. The summed E-state index contributed by atoms with van der Waals surface area (Å²) in [6, 6.07) is 18.5. The van der Waals surface area contributed by atoms with Crippen LogP contribution in [0, 0.1) is 11.3 Å². The second-order valence-electron chi connectivity index (χ2n) is 7.24. The van der Waals surface area contributed by atoms with E-state index in [-0.39, 0.29) is 24.9 Å². The number of benzene rings is 3. The first kappa shape index (κ1) is 20.4. The predicted molar refractivity (Wildman–Crippen MR) is 119 cm³/mol. The van der Waals surface area contributed by atoms with E-state index >= 15 is 0 Å². The molecule has 3 aromatic rings. The molecule has 2 heterocycles. The van der Waals surface area contributed by atoms with Crippen molar-refractivity contribution in [2.45, 2.75) is 12.5 Å². The van der Waals surface area contributed by atoms with E-state index in [1.165, 1.54) is 0 Å². The second kappa shape index (κ2) is 8.19. The van der Waals surface area contributed by atoms with Gasteiger partial charge in [-0.05, 0) is 29.8 Å². The van der Waals surface area contributed by atoms with Crippen molar-refractivity contribution in [2.24, 2.45) is 5.73 Å². The van der Waals surface area contributed by atoms with Crippen LogP contribution >= 0.6 is 23.2 Å². The third kappa shape index (κ3) is 3.56. The lowest BCUT2D eigenvalue weighted by Crippen LogP contribution is -2.21. The molecule has 0 bridgehead atoms. The van der Waals surface area contributed by atoms with Gasteiger partial charge in [0, 0.05) is 22.2 Å². The smallest absolute Gasteiger partial charge is 0.231 e. The van der Waals surface area contributed by atoms with Crippen LogP contribution in [0.3, 0.4) is 0 Å². The van der Waals surface area contributed by atoms with Crippen LogP contribution in [0.4, 0.5) is 0 Å². The van der Waals surface area contributed by atoms with Crippen LogP contribution in [0.1, 0.15) is 22.6 Å². The maximum Gasteiger partial charge on any atom is 0.231 e. The van der Waals surface area contributed by atoms with Crippen LogP contribution < -0.4 is 24.7 Å². The summed E-state index contributed by atoms with van der Waals surface area (Å²) in [5.74, 6) is 1.72. The zero-order valence-corrected chi connectivity index (χ0v) is 18.1. The normalized spacial score (nSPS) is 16.2. The molecule has 6 nitrogen and oxygen atoms in total. The molecule has 160 valence electrons. The number of hydrogen-bond donors (Lipinski definition) is 1. The van der Waals surface area contributed by atoms with Gasteiger partial charge in [-0.3, -0.25) is 0 Å². The van der Waals surface area contributed by atoms with Crippen LogP contribution in [0.15, 0.2) is 66.1 Å². The third-order valence-electron chi connectivity index (χ3n) is 5.34. The Bertz CT molecular complexity index is 1300. The molecule has 0 unspecified atom stereocenters. The van der Waals surface area contributed by atoms with E-state index in [0.717, 1.165) is 16.7 Å². The number of allylic oxidation sites excluding steroid dienone is 1. The topological polar surface area (TPSA) is 86.7 Å². The van der Waals surface area contributed by atoms with Crippen molar-refractivity contribution < 1.29 is 18.9 Å². The van der Waals surface area contributed by atoms with E-state index < -0.39 is 5.92 Å². The van der Waals surface area contributed by atoms with Crippen molar-refractivity contribution in [1.29, 1.82) is 5.26 Å². The number of nitriles is 1. The molecule has 2 N–H and O–H groups in total. The average molecular weight is 467 g/mol. The summed E-state index contributed by atoms with van der Waals surface area (Å²) < 4.78 is 22.5. The molecular formula is C24H16Cl2N2O4. The molecule has 0 saturated carbocycles. The summed E-state index contributed by atoms with van der Waals surface area (Å²) in [6.07, 6.45) is 0. The van der Waals surface area contributed by atoms with Gasteiger partial charge in [0.2, 0.25) is 12.7 Å². The highest BCUT2D eigenvalue weighted by Gasteiger charge is 2.33. The molecule has 3 aromatic carbocycles. The van der Waals surface area contributed by atoms with Gasteiger partial charge in [0.25, 0.3) is 0 Å². The minimum Gasteiger partial charge on any atom is -0.487 e. The fourth-order valence-electron chi connectivity index (χ4n) is 3.77. The number of hydrogen-bond acceptors (Lipinski definition) is 6. The minimum atomic E-state index is -0.478. The Morgan fingerprint density at radius 2 is 1.78 bits per heavy atom. The molecule has 0 aliphatic carbocycles. The lowest BCUT2D eigenvalue weighted by molar-refractivity contribution is 0.174. The van der Waals surface area contributed by atoms with Crippen molar-refractivity contribution in [3.63, 3.8) is 0 Å². The van der Waals surface area contributed by atoms with Crippen molar-refractivity contribution in [2.75, 3.05) is 6.79 Å². The number of fused-ring (bicyclic) bond motifs is 2. The molecule has 0 fully saturated rings. The zero-order valence-electron chi connectivity index (χ0n) is 16.6. The van der Waals surface area contributed by atoms with E-state index in [1.807, 2.05) is 30.3 Å². The standard InChI is InChI=1S/C24H16Cl2N2O4/c25-17-4-2-1-3-14(17)11-29-19-6-5-13(7-18(19)26)23-15-8-21-22(31-12-30-21)9-20(15)32-24(28)16(23)10-27/h1-9,23H,11-12,28H2/t23-/m1/s1. The Morgan fingerprint density at radius 3 is 2.53 bits per heavy atom. The van der Waals surface area contributed by atoms with Crippen molar-refractivity contribution in [3.8, 4) is 29.1 Å². The highest BCUT2D eigenvalue weighted by atomic mass is 35.5. The molecule has 1 atom stereocenters. The van der Waals surface area contributed by atoms with Gasteiger partial charge in [-0.1, -0.05) is 47.5 Å². The first-order chi connectivity index (χ1) is 15.5. The number of nitrogens with two attached hydrogens (primary N) is 1. The third-order valence-corrected chi connectivity index (χ3v) is 6.00. The Balaban J connectivity index is 1.49. The summed E-state index contributed by atoms with van der Waals surface area (Å²) in [5, 5.41) is 10.8. The molecule has 0 radical (unpaired) electrons. The monoisotopic (exact) mass is 466 g/mol. The van der Waals surface area contributed by atoms with Crippen LogP contribution in [0.2, 0.25) is 10.0 Å². The fraction of sp³-hybridized carbons (Fsp3) is 0.125. The van der Waals surface area contributed by atoms with Crippen molar-refractivity contribution in [3.05, 3.63) is 92.8 Å². The second-order valence-corrected chi connectivity index (χ2v) is 8.05. The predicted octanol–water partition coefficient (Wildman–Crippen LogP) is 5.52. The van der Waals surface area contributed by atoms with E-state index in [4.69, 9.17) is 47.9 Å². The van der Waals surface area contributed by atoms with Gasteiger partial charge in [0.15, 0.2) is 11.5 Å². The number of ether oxygens (including phenoxy) is 4. The first-order valence-corrected chi connectivity index (χ1v) is 10.5. The van der Waals surface area contributed by atoms with Gasteiger partial charge in [-0.25, -0.2) is 0 Å². The average Bonchev–Trinajstić information content (AvgIpc) is 3.24. The summed E-state index contributed by atoms with van der Waals surface area (Å²) in [5.41, 5.74) is 8.71. The highest BCUT2D eigenvalue weighted by molar-refractivity contribution is 6.32. The van der Waals surface area contributed by atoms with Crippen molar-refractivity contribution >= 4 is 23.2 Å². The van der Waals surface area contributed by atoms with E-state index in [2.05, 4.69) is 6.07 Å². The Kier molecular flexibility index (Phi) is 5.22. The summed E-state index contributed by atoms with van der Waals surface area (Å²) in [6.45, 7) is 0.402. The Hall–Kier alpha value is -3.53. The lowest BCUT2D eigenvalue weighted by atomic mass is 9.83. The minimum absolute atomic E-state index is 0.0408. The van der Waals surface area contributed by atoms with Gasteiger partial charge in [0.05, 0.1) is 10.9 Å². The van der Waals surface area contributed by atoms with Crippen LogP contribution in [-0.4, -0.2) is 6.79 Å². The SMILES string of the molecule is N#CC1=C(N)Oc2cc3c(cc2[C@H]1c1ccc(OCc2ccccc2Cl)c(Cl)c1)OCO3. The maximum absolute atomic E-state index is 9.78. The summed E-state index contributed by atoms with van der Waals surface area (Å²) in [7, 11) is 0. The maximum atomic E-state index is 9.78. The molecule has 2 aliphatic heterocycles. The Morgan fingerprint density at radius 1 is 1.00 bits per heavy atom. The van der Waals surface area contributed by atoms with Gasteiger partial charge in [-0.15, -0.1) is 0 Å². The van der Waals surface area contributed by atoms with Crippen molar-refractivity contribution in [1.82, 2.24) is 0 Å². The molecule has 0 aromatic heterocycles. The number of rotatable bonds is 4. The van der Waals surface area contributed by atoms with Gasteiger partial charge < -0.3 is 24.7 Å². The van der Waals surface area contributed by atoms with E-state index in [1.54, 1.807) is 24.3 Å². The molecule has 0 amide bonds. The lowest BCUT2D eigenvalue weighted by Gasteiger charge is -2.27. The Labute approximate surface area is 194 Å². The molecular weight excluding hydrogens is 451 g/mol. The molecule has 0 saturated heterocycles. The first-order valence-electron chi connectivity index (χ1n) is 9.72. The molecule has 2 aliphatic rings. The van der Waals surface area contributed by atoms with Crippen LogP contribution in [0.5, 0.6) is 23.0 Å². The van der Waals surface area contributed by atoms with Gasteiger partial charge >= 0.3 is 0 Å². The largest absolute Gasteiger partial charge is 0.487 e. The van der Waals surface area contributed by atoms with Gasteiger partial charge in [0.1, 0.15) is 29.7 Å². The molecule has 0 spiro atoms. The summed E-state index contributed by atoms with van der Waals surface area (Å²) >= 11 is 12.7. The zero-order chi connectivity index (χ0) is 22.2. The fourth-order valence-corrected chi connectivity index (χ4v) is 4.21. The quantitative estimate of drug-likeness (QED) is 0.544.